The quantitative estimate of drug-likeness (QED) is 0.825. The smallest absolute Gasteiger partial charge is 0.323 e. The lowest BCUT2D eigenvalue weighted by molar-refractivity contribution is -0.138. The molecular weight excluding hydrogens is 294 g/mol. The van der Waals surface area contributed by atoms with Crippen molar-refractivity contribution in [2.75, 3.05) is 12.3 Å². The largest absolute Gasteiger partial charge is 0.480 e. The number of thioether (sulfide) groups is 1. The van der Waals surface area contributed by atoms with Gasteiger partial charge in [-0.1, -0.05) is 11.8 Å². The number of nitrogens with zero attached hydrogens (tertiary/aromatic N) is 3. The third kappa shape index (κ3) is 3.10. The van der Waals surface area contributed by atoms with Crippen molar-refractivity contribution in [2.24, 2.45) is 0 Å². The van der Waals surface area contributed by atoms with E-state index in [1.807, 2.05) is 0 Å². The van der Waals surface area contributed by atoms with Crippen molar-refractivity contribution in [1.82, 2.24) is 14.5 Å². The van der Waals surface area contributed by atoms with Crippen molar-refractivity contribution in [1.29, 1.82) is 0 Å². The molecule has 0 unspecified atom stereocenters. The molecule has 1 aliphatic rings. The molecule has 2 rings (SSSR count). The second-order valence-corrected chi connectivity index (χ2v) is 6.78. The Bertz CT molecular complexity index is 648. The number of rotatable bonds is 3. The van der Waals surface area contributed by atoms with Crippen LogP contribution in [0.3, 0.4) is 0 Å². The Hall–Kier alpha value is -1.83. The number of hydrogen-bond donors (Lipinski definition) is 1. The number of carboxylic acid groups (broad SMARTS) is 1. The van der Waals surface area contributed by atoms with Gasteiger partial charge < -0.3 is 10.0 Å². The molecule has 2 heterocycles. The fraction of sp³-hybridized carbons (Fsp3) is 0.538. The highest BCUT2D eigenvalue weighted by atomic mass is 32.2. The number of carboxylic acids is 1. The van der Waals surface area contributed by atoms with Crippen LogP contribution in [0.1, 0.15) is 31.1 Å². The molecule has 0 bridgehead atoms. The maximum Gasteiger partial charge on any atom is 0.323 e. The van der Waals surface area contributed by atoms with Gasteiger partial charge in [-0.25, -0.2) is 4.98 Å². The lowest BCUT2D eigenvalue weighted by atomic mass is 10.0. The summed E-state index contributed by atoms with van der Waals surface area (Å²) >= 11 is 1.46. The average Bonchev–Trinajstić information content (AvgIpc) is 2.83. The standard InChI is InChI=1S/C13H17N3O4S/c1-13(2,3)16(7-9(17)18)11(20)8-6-14-12-15(10(8)19)4-5-21-12/h6H,4-5,7H2,1-3H3,(H,17,18). The van der Waals surface area contributed by atoms with Crippen LogP contribution < -0.4 is 5.56 Å². The van der Waals surface area contributed by atoms with E-state index >= 15 is 0 Å². The summed E-state index contributed by atoms with van der Waals surface area (Å²) in [5.41, 5.74) is -1.20. The fourth-order valence-electron chi connectivity index (χ4n) is 2.06. The van der Waals surface area contributed by atoms with Gasteiger partial charge >= 0.3 is 5.97 Å². The van der Waals surface area contributed by atoms with Crippen LogP contribution in [-0.2, 0) is 11.3 Å². The zero-order chi connectivity index (χ0) is 15.8. The Labute approximate surface area is 126 Å². The lowest BCUT2D eigenvalue weighted by Crippen LogP contribution is -2.50. The molecular formula is C13H17N3O4S. The average molecular weight is 311 g/mol. The predicted octanol–water partition coefficient (Wildman–Crippen LogP) is 0.674. The number of carbonyl (C=O) groups excluding carboxylic acids is 1. The third-order valence-corrected chi connectivity index (χ3v) is 4.11. The van der Waals surface area contributed by atoms with Crippen molar-refractivity contribution in [3.63, 3.8) is 0 Å². The normalized spacial score (nSPS) is 13.9. The Morgan fingerprint density at radius 1 is 1.48 bits per heavy atom. The highest BCUT2D eigenvalue weighted by molar-refractivity contribution is 7.99. The molecule has 0 atom stereocenters. The maximum atomic E-state index is 12.6. The molecule has 114 valence electrons. The van der Waals surface area contributed by atoms with Crippen LogP contribution in [-0.4, -0.2) is 49.3 Å². The van der Waals surface area contributed by atoms with E-state index in [-0.39, 0.29) is 5.56 Å². The van der Waals surface area contributed by atoms with Crippen molar-refractivity contribution in [3.8, 4) is 0 Å². The molecule has 0 aliphatic carbocycles. The van der Waals surface area contributed by atoms with Gasteiger partial charge in [0.1, 0.15) is 12.1 Å². The third-order valence-electron chi connectivity index (χ3n) is 3.14. The van der Waals surface area contributed by atoms with Crippen LogP contribution in [0.4, 0.5) is 0 Å². The number of hydrogen-bond acceptors (Lipinski definition) is 5. The Morgan fingerprint density at radius 3 is 2.71 bits per heavy atom. The minimum atomic E-state index is -1.12. The first kappa shape index (κ1) is 15.6. The topological polar surface area (TPSA) is 92.5 Å². The second kappa shape index (κ2) is 5.51. The van der Waals surface area contributed by atoms with E-state index in [1.54, 1.807) is 20.8 Å². The van der Waals surface area contributed by atoms with Gasteiger partial charge in [-0.05, 0) is 20.8 Å². The predicted molar refractivity (Wildman–Crippen MR) is 77.6 cm³/mol. The molecule has 1 amide bonds. The first-order valence-corrected chi connectivity index (χ1v) is 7.47. The molecule has 1 aliphatic heterocycles. The molecule has 1 N–H and O–H groups in total. The Morgan fingerprint density at radius 2 is 2.14 bits per heavy atom. The zero-order valence-corrected chi connectivity index (χ0v) is 12.9. The van der Waals surface area contributed by atoms with Crippen molar-refractivity contribution < 1.29 is 14.7 Å². The molecule has 0 radical (unpaired) electrons. The van der Waals surface area contributed by atoms with Crippen molar-refractivity contribution in [3.05, 3.63) is 22.1 Å². The van der Waals surface area contributed by atoms with Gasteiger partial charge in [-0.2, -0.15) is 0 Å². The minimum Gasteiger partial charge on any atom is -0.480 e. The Kier molecular flexibility index (Phi) is 4.08. The van der Waals surface area contributed by atoms with E-state index in [4.69, 9.17) is 5.11 Å². The van der Waals surface area contributed by atoms with E-state index in [1.165, 1.54) is 27.4 Å². The molecule has 1 aromatic rings. The van der Waals surface area contributed by atoms with Crippen LogP contribution in [0.25, 0.3) is 0 Å². The number of carbonyl (C=O) groups is 2. The minimum absolute atomic E-state index is 0.0857. The molecule has 1 aromatic heterocycles. The van der Waals surface area contributed by atoms with Gasteiger partial charge in [0.15, 0.2) is 5.16 Å². The van der Waals surface area contributed by atoms with Gasteiger partial charge in [-0.3, -0.25) is 19.0 Å². The maximum absolute atomic E-state index is 12.6. The van der Waals surface area contributed by atoms with Crippen molar-refractivity contribution >= 4 is 23.6 Å². The number of aromatic nitrogens is 2. The molecule has 0 saturated carbocycles. The van der Waals surface area contributed by atoms with Crippen LogP contribution >= 0.6 is 11.8 Å². The summed E-state index contributed by atoms with van der Waals surface area (Å²) in [7, 11) is 0. The number of amides is 1. The SMILES string of the molecule is CC(C)(C)N(CC(=O)O)C(=O)c1cnc2n(c1=O)CCS2. The zero-order valence-electron chi connectivity index (χ0n) is 12.1. The van der Waals surface area contributed by atoms with Crippen molar-refractivity contribution in [2.45, 2.75) is 38.0 Å². The van der Waals surface area contributed by atoms with Gasteiger partial charge in [-0.15, -0.1) is 0 Å². The van der Waals surface area contributed by atoms with Gasteiger partial charge in [0.2, 0.25) is 0 Å². The Balaban J connectivity index is 2.43. The van der Waals surface area contributed by atoms with E-state index in [2.05, 4.69) is 4.98 Å². The summed E-state index contributed by atoms with van der Waals surface area (Å²) in [6.45, 7) is 5.23. The van der Waals surface area contributed by atoms with Crippen LogP contribution in [0.5, 0.6) is 0 Å². The highest BCUT2D eigenvalue weighted by Gasteiger charge is 2.32. The molecule has 0 fully saturated rings. The second-order valence-electron chi connectivity index (χ2n) is 5.72. The van der Waals surface area contributed by atoms with Gasteiger partial charge in [0.25, 0.3) is 11.5 Å². The molecule has 0 saturated heterocycles. The summed E-state index contributed by atoms with van der Waals surface area (Å²) in [6, 6.07) is 0. The monoisotopic (exact) mass is 311 g/mol. The first-order chi connectivity index (χ1) is 9.71. The highest BCUT2D eigenvalue weighted by Crippen LogP contribution is 2.21. The van der Waals surface area contributed by atoms with Crippen LogP contribution in [0.2, 0.25) is 0 Å². The van der Waals surface area contributed by atoms with E-state index in [0.717, 1.165) is 5.75 Å². The van der Waals surface area contributed by atoms with E-state index < -0.39 is 29.5 Å². The molecule has 7 nitrogen and oxygen atoms in total. The summed E-state index contributed by atoms with van der Waals surface area (Å²) in [5, 5.41) is 9.57. The molecule has 8 heteroatoms. The molecule has 0 aromatic carbocycles. The van der Waals surface area contributed by atoms with Crippen LogP contribution in [0, 0.1) is 0 Å². The summed E-state index contributed by atoms with van der Waals surface area (Å²) in [5.74, 6) is -0.976. The fourth-order valence-corrected chi connectivity index (χ4v) is 2.97. The summed E-state index contributed by atoms with van der Waals surface area (Å²) in [6.07, 6.45) is 1.25. The van der Waals surface area contributed by atoms with E-state index in [9.17, 15) is 14.4 Å². The number of fused-ring (bicyclic) bond motifs is 1. The molecule has 21 heavy (non-hydrogen) atoms. The van der Waals surface area contributed by atoms with E-state index in [0.29, 0.717) is 11.7 Å². The van der Waals surface area contributed by atoms with Gasteiger partial charge in [0.05, 0.1) is 0 Å². The first-order valence-electron chi connectivity index (χ1n) is 6.48. The lowest BCUT2D eigenvalue weighted by Gasteiger charge is -2.34. The summed E-state index contributed by atoms with van der Waals surface area (Å²) in [4.78, 5) is 41.1. The molecule has 0 spiro atoms. The summed E-state index contributed by atoms with van der Waals surface area (Å²) < 4.78 is 1.46. The van der Waals surface area contributed by atoms with Crippen LogP contribution in [0.15, 0.2) is 16.1 Å². The van der Waals surface area contributed by atoms with Gasteiger partial charge in [0, 0.05) is 24.0 Å². The number of aliphatic carboxylic acids is 1.